The Kier molecular flexibility index (Phi) is 4.68. The molecule has 0 saturated heterocycles. The highest BCUT2D eigenvalue weighted by Crippen LogP contribution is 2.25. The monoisotopic (exact) mass is 312 g/mol. The molecule has 2 aromatic rings. The molecule has 0 spiro atoms. The van der Waals surface area contributed by atoms with Gasteiger partial charge in [-0.3, -0.25) is 4.79 Å². The Bertz CT molecular complexity index is 709. The molecule has 0 aliphatic heterocycles. The van der Waals surface area contributed by atoms with E-state index in [2.05, 4.69) is 53.5 Å². The van der Waals surface area contributed by atoms with E-state index in [9.17, 15) is 4.79 Å². The number of hydrogen-bond donors (Lipinski definition) is 2. The molecule has 0 radical (unpaired) electrons. The highest BCUT2D eigenvalue weighted by Gasteiger charge is 2.17. The van der Waals surface area contributed by atoms with Gasteiger partial charge in [-0.1, -0.05) is 17.7 Å². The number of carbonyl (C=O) groups excluding carboxylic acids is 1. The van der Waals surface area contributed by atoms with E-state index in [0.717, 1.165) is 16.8 Å². The standard InChI is InChI=1S/C18H24N4O/c1-11-7-12(2)16(13(3)8-11)21-15-9-14(19-10-20-15)17(23)22-18(4,5)6/h7-10H,1-6H3,(H,22,23)(H,19,20,21). The highest BCUT2D eigenvalue weighted by molar-refractivity contribution is 5.93. The lowest BCUT2D eigenvalue weighted by atomic mass is 10.1. The van der Waals surface area contributed by atoms with Crippen LogP contribution in [0.5, 0.6) is 0 Å². The fourth-order valence-electron chi connectivity index (χ4n) is 2.46. The van der Waals surface area contributed by atoms with Gasteiger partial charge in [-0.05, 0) is 52.7 Å². The maximum Gasteiger partial charge on any atom is 0.270 e. The maximum atomic E-state index is 12.2. The highest BCUT2D eigenvalue weighted by atomic mass is 16.2. The summed E-state index contributed by atoms with van der Waals surface area (Å²) in [5.74, 6) is 0.398. The summed E-state index contributed by atoms with van der Waals surface area (Å²) in [4.78, 5) is 20.5. The second-order valence-corrected chi connectivity index (χ2v) is 6.89. The summed E-state index contributed by atoms with van der Waals surface area (Å²) >= 11 is 0. The molecule has 1 heterocycles. The van der Waals surface area contributed by atoms with E-state index >= 15 is 0 Å². The third-order valence-corrected chi connectivity index (χ3v) is 3.32. The van der Waals surface area contributed by atoms with Gasteiger partial charge in [0.2, 0.25) is 0 Å². The number of hydrogen-bond acceptors (Lipinski definition) is 4. The SMILES string of the molecule is Cc1cc(C)c(Nc2cc(C(=O)NC(C)(C)C)ncn2)c(C)c1. The predicted molar refractivity (Wildman–Crippen MR) is 93.2 cm³/mol. The Balaban J connectivity index is 2.26. The molecular weight excluding hydrogens is 288 g/mol. The second-order valence-electron chi connectivity index (χ2n) is 6.89. The molecule has 0 aliphatic rings. The van der Waals surface area contributed by atoms with Gasteiger partial charge in [-0.2, -0.15) is 0 Å². The summed E-state index contributed by atoms with van der Waals surface area (Å²) in [5, 5.41) is 6.19. The molecule has 1 aromatic carbocycles. The van der Waals surface area contributed by atoms with E-state index in [-0.39, 0.29) is 11.4 Å². The van der Waals surface area contributed by atoms with E-state index in [1.54, 1.807) is 6.07 Å². The van der Waals surface area contributed by atoms with Crippen LogP contribution < -0.4 is 10.6 Å². The molecule has 122 valence electrons. The number of carbonyl (C=O) groups is 1. The molecule has 0 atom stereocenters. The van der Waals surface area contributed by atoms with Crippen molar-refractivity contribution in [3.63, 3.8) is 0 Å². The smallest absolute Gasteiger partial charge is 0.270 e. The van der Waals surface area contributed by atoms with Crippen molar-refractivity contribution in [2.75, 3.05) is 5.32 Å². The molecule has 2 N–H and O–H groups in total. The van der Waals surface area contributed by atoms with Crippen molar-refractivity contribution in [2.24, 2.45) is 0 Å². The lowest BCUT2D eigenvalue weighted by Gasteiger charge is -2.20. The van der Waals surface area contributed by atoms with Crippen molar-refractivity contribution >= 4 is 17.4 Å². The minimum absolute atomic E-state index is 0.208. The van der Waals surface area contributed by atoms with Gasteiger partial charge in [0.25, 0.3) is 5.91 Å². The fourth-order valence-corrected chi connectivity index (χ4v) is 2.46. The van der Waals surface area contributed by atoms with Crippen molar-refractivity contribution < 1.29 is 4.79 Å². The van der Waals surface area contributed by atoms with Gasteiger partial charge in [0.15, 0.2) is 0 Å². The first-order valence-corrected chi connectivity index (χ1v) is 7.65. The van der Waals surface area contributed by atoms with Crippen LogP contribution in [0.4, 0.5) is 11.5 Å². The Labute approximate surface area is 137 Å². The van der Waals surface area contributed by atoms with Gasteiger partial charge < -0.3 is 10.6 Å². The number of rotatable bonds is 3. The fraction of sp³-hybridized carbons (Fsp3) is 0.389. The van der Waals surface area contributed by atoms with E-state index in [1.807, 2.05) is 20.8 Å². The molecule has 2 rings (SSSR count). The number of benzene rings is 1. The molecule has 0 unspecified atom stereocenters. The minimum atomic E-state index is -0.306. The molecular formula is C18H24N4O. The van der Waals surface area contributed by atoms with Crippen molar-refractivity contribution in [1.29, 1.82) is 0 Å². The summed E-state index contributed by atoms with van der Waals surface area (Å²) < 4.78 is 0. The van der Waals surface area contributed by atoms with E-state index in [0.29, 0.717) is 11.5 Å². The van der Waals surface area contributed by atoms with Crippen LogP contribution in [-0.4, -0.2) is 21.4 Å². The van der Waals surface area contributed by atoms with Crippen LogP contribution in [0.1, 0.15) is 48.0 Å². The van der Waals surface area contributed by atoms with Crippen LogP contribution in [0.3, 0.4) is 0 Å². The average Bonchev–Trinajstić information content (AvgIpc) is 2.41. The van der Waals surface area contributed by atoms with Gasteiger partial charge >= 0.3 is 0 Å². The summed E-state index contributed by atoms with van der Waals surface area (Å²) in [6.45, 7) is 12.0. The van der Waals surface area contributed by atoms with Crippen LogP contribution in [0, 0.1) is 20.8 Å². The van der Waals surface area contributed by atoms with Gasteiger partial charge in [0.05, 0.1) is 0 Å². The Hall–Kier alpha value is -2.43. The predicted octanol–water partition coefficient (Wildman–Crippen LogP) is 3.67. The van der Waals surface area contributed by atoms with E-state index < -0.39 is 0 Å². The van der Waals surface area contributed by atoms with Crippen molar-refractivity contribution in [3.8, 4) is 0 Å². The first kappa shape index (κ1) is 16.9. The van der Waals surface area contributed by atoms with Gasteiger partial charge in [0, 0.05) is 17.3 Å². The Morgan fingerprint density at radius 1 is 1.00 bits per heavy atom. The molecule has 23 heavy (non-hydrogen) atoms. The molecule has 0 bridgehead atoms. The van der Waals surface area contributed by atoms with Crippen LogP contribution in [0.15, 0.2) is 24.5 Å². The first-order chi connectivity index (χ1) is 10.7. The van der Waals surface area contributed by atoms with Crippen LogP contribution in [-0.2, 0) is 0 Å². The summed E-state index contributed by atoms with van der Waals surface area (Å²) in [6, 6.07) is 5.90. The van der Waals surface area contributed by atoms with Gasteiger partial charge in [-0.15, -0.1) is 0 Å². The third-order valence-electron chi connectivity index (χ3n) is 3.32. The molecule has 0 aliphatic carbocycles. The van der Waals surface area contributed by atoms with Gasteiger partial charge in [0.1, 0.15) is 17.8 Å². The number of nitrogens with one attached hydrogen (secondary N) is 2. The Morgan fingerprint density at radius 3 is 2.17 bits per heavy atom. The van der Waals surface area contributed by atoms with Gasteiger partial charge in [-0.25, -0.2) is 9.97 Å². The van der Waals surface area contributed by atoms with Crippen LogP contribution in [0.25, 0.3) is 0 Å². The summed E-state index contributed by atoms with van der Waals surface area (Å²) in [7, 11) is 0. The first-order valence-electron chi connectivity index (χ1n) is 7.65. The van der Waals surface area contributed by atoms with Crippen LogP contribution >= 0.6 is 0 Å². The molecule has 1 amide bonds. The largest absolute Gasteiger partial charge is 0.346 e. The molecule has 0 fully saturated rings. The maximum absolute atomic E-state index is 12.2. The zero-order chi connectivity index (χ0) is 17.2. The van der Waals surface area contributed by atoms with Crippen molar-refractivity contribution in [3.05, 3.63) is 46.9 Å². The summed E-state index contributed by atoms with van der Waals surface area (Å²) in [5.41, 5.74) is 4.55. The normalized spacial score (nSPS) is 11.2. The topological polar surface area (TPSA) is 66.9 Å². The second kappa shape index (κ2) is 6.36. The van der Waals surface area contributed by atoms with Crippen molar-refractivity contribution in [2.45, 2.75) is 47.1 Å². The number of nitrogens with zero attached hydrogens (tertiary/aromatic N) is 2. The van der Waals surface area contributed by atoms with E-state index in [1.165, 1.54) is 11.9 Å². The quantitative estimate of drug-likeness (QED) is 0.907. The molecule has 0 saturated carbocycles. The van der Waals surface area contributed by atoms with E-state index in [4.69, 9.17) is 0 Å². The molecule has 1 aromatic heterocycles. The zero-order valence-electron chi connectivity index (χ0n) is 14.6. The number of aromatic nitrogens is 2. The third kappa shape index (κ3) is 4.52. The molecule has 5 heteroatoms. The number of aryl methyl sites for hydroxylation is 3. The van der Waals surface area contributed by atoms with Crippen molar-refractivity contribution in [1.82, 2.24) is 15.3 Å². The summed E-state index contributed by atoms with van der Waals surface area (Å²) in [6.07, 6.45) is 1.40. The lowest BCUT2D eigenvalue weighted by Crippen LogP contribution is -2.40. The minimum Gasteiger partial charge on any atom is -0.346 e. The molecule has 5 nitrogen and oxygen atoms in total. The average molecular weight is 312 g/mol. The van der Waals surface area contributed by atoms with Crippen LogP contribution in [0.2, 0.25) is 0 Å². The zero-order valence-corrected chi connectivity index (χ0v) is 14.6. The number of anilines is 2. The number of amides is 1. The Morgan fingerprint density at radius 2 is 1.61 bits per heavy atom. The lowest BCUT2D eigenvalue weighted by molar-refractivity contribution is 0.0914.